The largest absolute Gasteiger partial charge is 0.478 e. The van der Waals surface area contributed by atoms with Crippen molar-refractivity contribution in [1.29, 1.82) is 0 Å². The number of hydrogen-bond donors (Lipinski definition) is 1. The summed E-state index contributed by atoms with van der Waals surface area (Å²) in [6, 6.07) is 8.94. The highest BCUT2D eigenvalue weighted by molar-refractivity contribution is 5.90. The Hall–Kier alpha value is -2.69. The van der Waals surface area contributed by atoms with Gasteiger partial charge in [0.25, 0.3) is 0 Å². The highest BCUT2D eigenvalue weighted by Crippen LogP contribution is 2.24. The van der Waals surface area contributed by atoms with Crippen LogP contribution in [-0.2, 0) is 0 Å². The van der Waals surface area contributed by atoms with Crippen molar-refractivity contribution < 1.29 is 9.90 Å². The van der Waals surface area contributed by atoms with Crippen LogP contribution in [-0.4, -0.2) is 25.6 Å². The number of pyridine rings is 1. The van der Waals surface area contributed by atoms with E-state index in [1.165, 1.54) is 0 Å². The van der Waals surface area contributed by atoms with Crippen LogP contribution in [0.1, 0.15) is 21.7 Å². The lowest BCUT2D eigenvalue weighted by Crippen LogP contribution is -2.06. The zero-order chi connectivity index (χ0) is 14.3. The fourth-order valence-corrected chi connectivity index (χ4v) is 2.41. The summed E-state index contributed by atoms with van der Waals surface area (Å²) in [5.74, 6) is -0.149. The zero-order valence-electron chi connectivity index (χ0n) is 11.2. The zero-order valence-corrected chi connectivity index (χ0v) is 11.2. The Labute approximate surface area is 115 Å². The lowest BCUT2D eigenvalue weighted by Gasteiger charge is -2.11. The minimum absolute atomic E-state index is 0.291. The number of rotatable bonds is 2. The van der Waals surface area contributed by atoms with Crippen LogP contribution >= 0.6 is 0 Å². The van der Waals surface area contributed by atoms with Crippen molar-refractivity contribution in [3.05, 3.63) is 53.5 Å². The van der Waals surface area contributed by atoms with Crippen molar-refractivity contribution >= 4 is 17.1 Å². The molecule has 0 bridgehead atoms. The number of carboxylic acids is 1. The van der Waals surface area contributed by atoms with Crippen LogP contribution in [0.4, 0.5) is 0 Å². The van der Waals surface area contributed by atoms with E-state index in [0.29, 0.717) is 11.1 Å². The van der Waals surface area contributed by atoms with Crippen LogP contribution in [0.25, 0.3) is 16.9 Å². The van der Waals surface area contributed by atoms with Crippen molar-refractivity contribution in [3.8, 4) is 5.69 Å². The number of fused-ring (bicyclic) bond motifs is 1. The number of aromatic nitrogens is 3. The number of carbonyl (C=O) groups is 1. The minimum atomic E-state index is -0.931. The Morgan fingerprint density at radius 1 is 1.20 bits per heavy atom. The minimum Gasteiger partial charge on any atom is -0.478 e. The summed E-state index contributed by atoms with van der Waals surface area (Å²) in [6.45, 7) is 3.68. The quantitative estimate of drug-likeness (QED) is 0.775. The molecule has 0 saturated heterocycles. The molecule has 1 N–H and O–H groups in total. The molecule has 5 nitrogen and oxygen atoms in total. The van der Waals surface area contributed by atoms with Gasteiger partial charge in [-0.3, -0.25) is 4.57 Å². The summed E-state index contributed by atoms with van der Waals surface area (Å²) < 4.78 is 1.89. The van der Waals surface area contributed by atoms with Gasteiger partial charge in [-0.25, -0.2) is 14.8 Å². The number of nitrogens with zero attached hydrogens (tertiary/aromatic N) is 3. The number of imidazole rings is 1. The Bertz CT molecular complexity index is 821. The van der Waals surface area contributed by atoms with Crippen LogP contribution in [0, 0.1) is 13.8 Å². The van der Waals surface area contributed by atoms with Gasteiger partial charge < -0.3 is 5.11 Å². The van der Waals surface area contributed by atoms with E-state index >= 15 is 0 Å². The first-order valence-electron chi connectivity index (χ1n) is 6.23. The third-order valence-electron chi connectivity index (χ3n) is 3.36. The maximum Gasteiger partial charge on any atom is 0.336 e. The molecule has 100 valence electrons. The fraction of sp³-hybridized carbons (Fsp3) is 0.133. The van der Waals surface area contributed by atoms with Crippen LogP contribution in [0.3, 0.4) is 0 Å². The van der Waals surface area contributed by atoms with Gasteiger partial charge in [-0.2, -0.15) is 0 Å². The molecule has 0 radical (unpaired) electrons. The van der Waals surface area contributed by atoms with E-state index in [9.17, 15) is 9.90 Å². The van der Waals surface area contributed by atoms with Gasteiger partial charge in [0, 0.05) is 6.20 Å². The summed E-state index contributed by atoms with van der Waals surface area (Å²) in [5.41, 5.74) is 3.32. The molecule has 3 rings (SSSR count). The molecular weight excluding hydrogens is 254 g/mol. The molecule has 5 heteroatoms. The summed E-state index contributed by atoms with van der Waals surface area (Å²) >= 11 is 0. The third kappa shape index (κ3) is 1.75. The molecule has 0 spiro atoms. The molecule has 0 atom stereocenters. The fourth-order valence-electron chi connectivity index (χ4n) is 2.41. The van der Waals surface area contributed by atoms with E-state index in [0.717, 1.165) is 22.7 Å². The molecule has 20 heavy (non-hydrogen) atoms. The first kappa shape index (κ1) is 12.3. The summed E-state index contributed by atoms with van der Waals surface area (Å²) in [5, 5.41) is 9.23. The molecule has 3 aromatic rings. The second-order valence-electron chi connectivity index (χ2n) is 4.60. The van der Waals surface area contributed by atoms with E-state index in [1.807, 2.05) is 29.7 Å². The van der Waals surface area contributed by atoms with Crippen LogP contribution in [0.15, 0.2) is 36.5 Å². The van der Waals surface area contributed by atoms with Gasteiger partial charge >= 0.3 is 5.97 Å². The average Bonchev–Trinajstić information content (AvgIpc) is 2.75. The Morgan fingerprint density at radius 2 is 2.00 bits per heavy atom. The van der Waals surface area contributed by atoms with Gasteiger partial charge in [0.2, 0.25) is 0 Å². The van der Waals surface area contributed by atoms with Gasteiger partial charge in [0.15, 0.2) is 5.65 Å². The monoisotopic (exact) mass is 267 g/mol. The molecule has 0 unspecified atom stereocenters. The van der Waals surface area contributed by atoms with Crippen molar-refractivity contribution in [2.24, 2.45) is 0 Å². The van der Waals surface area contributed by atoms with Gasteiger partial charge in [0.1, 0.15) is 11.3 Å². The van der Waals surface area contributed by atoms with Crippen LogP contribution < -0.4 is 0 Å². The van der Waals surface area contributed by atoms with E-state index in [-0.39, 0.29) is 0 Å². The number of benzene rings is 1. The van der Waals surface area contributed by atoms with Crippen LogP contribution in [0.5, 0.6) is 0 Å². The molecular formula is C15H13N3O2. The highest BCUT2D eigenvalue weighted by Gasteiger charge is 2.15. The van der Waals surface area contributed by atoms with Gasteiger partial charge in [0.05, 0.1) is 11.3 Å². The predicted molar refractivity (Wildman–Crippen MR) is 75.3 cm³/mol. The van der Waals surface area contributed by atoms with Crippen molar-refractivity contribution in [2.75, 3.05) is 0 Å². The molecule has 0 aliphatic heterocycles. The van der Waals surface area contributed by atoms with Crippen molar-refractivity contribution in [1.82, 2.24) is 14.5 Å². The average molecular weight is 267 g/mol. The standard InChI is InChI=1S/C15H13N3O2/c1-9-11(15(19)20)5-3-7-13(9)18-10(2)17-12-6-4-8-16-14(12)18/h3-8H,1-2H3,(H,19,20). The Kier molecular flexibility index (Phi) is 2.75. The SMILES string of the molecule is Cc1c(C(=O)O)cccc1-n1c(C)nc2cccnc21. The highest BCUT2D eigenvalue weighted by atomic mass is 16.4. The maximum atomic E-state index is 11.3. The van der Waals surface area contributed by atoms with Gasteiger partial charge in [-0.05, 0) is 43.7 Å². The predicted octanol–water partition coefficient (Wildman–Crippen LogP) is 2.74. The van der Waals surface area contributed by atoms with Gasteiger partial charge in [-0.1, -0.05) is 6.07 Å². The van der Waals surface area contributed by atoms with Crippen molar-refractivity contribution in [2.45, 2.75) is 13.8 Å². The summed E-state index contributed by atoms with van der Waals surface area (Å²) in [6.07, 6.45) is 1.70. The summed E-state index contributed by atoms with van der Waals surface area (Å²) in [7, 11) is 0. The Balaban J connectivity index is 2.34. The normalized spacial score (nSPS) is 10.9. The maximum absolute atomic E-state index is 11.3. The van der Waals surface area contributed by atoms with Crippen LogP contribution in [0.2, 0.25) is 0 Å². The lowest BCUT2D eigenvalue weighted by atomic mass is 10.1. The number of aryl methyl sites for hydroxylation is 1. The first-order valence-corrected chi connectivity index (χ1v) is 6.23. The lowest BCUT2D eigenvalue weighted by molar-refractivity contribution is 0.0696. The molecule has 0 fully saturated rings. The second kappa shape index (κ2) is 4.45. The van der Waals surface area contributed by atoms with Gasteiger partial charge in [-0.15, -0.1) is 0 Å². The molecule has 0 aliphatic rings. The number of hydrogen-bond acceptors (Lipinski definition) is 3. The topological polar surface area (TPSA) is 68.0 Å². The molecule has 0 aliphatic carbocycles. The smallest absolute Gasteiger partial charge is 0.336 e. The summed E-state index contributed by atoms with van der Waals surface area (Å²) in [4.78, 5) is 20.1. The van der Waals surface area contributed by atoms with Crippen molar-refractivity contribution in [3.63, 3.8) is 0 Å². The number of carboxylic acid groups (broad SMARTS) is 1. The van der Waals surface area contributed by atoms with E-state index in [2.05, 4.69) is 9.97 Å². The van der Waals surface area contributed by atoms with E-state index < -0.39 is 5.97 Å². The second-order valence-corrected chi connectivity index (χ2v) is 4.60. The molecule has 2 heterocycles. The molecule has 0 amide bonds. The number of aromatic carboxylic acids is 1. The van der Waals surface area contributed by atoms with E-state index in [1.54, 1.807) is 25.3 Å². The molecule has 0 saturated carbocycles. The molecule has 2 aromatic heterocycles. The molecule has 1 aromatic carbocycles. The third-order valence-corrected chi connectivity index (χ3v) is 3.36. The first-order chi connectivity index (χ1) is 9.59. The van der Waals surface area contributed by atoms with E-state index in [4.69, 9.17) is 0 Å². The Morgan fingerprint density at radius 3 is 2.75 bits per heavy atom.